The largest absolute Gasteiger partial charge is 0.480 e. The molecule has 0 radical (unpaired) electrons. The highest BCUT2D eigenvalue weighted by Crippen LogP contribution is 2.35. The number of hydrazine groups is 1. The van der Waals surface area contributed by atoms with Gasteiger partial charge in [-0.25, -0.2) is 5.43 Å². The minimum Gasteiger partial charge on any atom is -0.480 e. The molecule has 2 N–H and O–H groups in total. The molecule has 140 valence electrons. The standard InChI is InChI=1S/C22H25N3O2/c26-22(20-11-10-15-6-4-5-9-19(15)27-20)25-13-12-18-17(14-25)21(24-23-18)16-7-2-1-3-8-16/h1-9,17-18,20-21,23-24H,10-14H2. The number of nitrogens with one attached hydrogen (secondary N) is 2. The third-order valence-corrected chi connectivity index (χ3v) is 6.17. The van der Waals surface area contributed by atoms with Crippen molar-refractivity contribution in [2.45, 2.75) is 37.5 Å². The second kappa shape index (κ2) is 6.98. The van der Waals surface area contributed by atoms with E-state index >= 15 is 0 Å². The molecule has 5 heteroatoms. The van der Waals surface area contributed by atoms with Gasteiger partial charge in [0.25, 0.3) is 5.91 Å². The summed E-state index contributed by atoms with van der Waals surface area (Å²) in [5.74, 6) is 1.38. The smallest absolute Gasteiger partial charge is 0.263 e. The number of para-hydroxylation sites is 1. The van der Waals surface area contributed by atoms with Crippen LogP contribution in [-0.4, -0.2) is 36.0 Å². The van der Waals surface area contributed by atoms with Crippen LogP contribution >= 0.6 is 0 Å². The van der Waals surface area contributed by atoms with Gasteiger partial charge in [0.1, 0.15) is 5.75 Å². The maximum absolute atomic E-state index is 13.2. The van der Waals surface area contributed by atoms with Crippen molar-refractivity contribution < 1.29 is 9.53 Å². The highest BCUT2D eigenvalue weighted by atomic mass is 16.5. The number of rotatable bonds is 2. The topological polar surface area (TPSA) is 53.6 Å². The van der Waals surface area contributed by atoms with E-state index in [1.165, 1.54) is 11.1 Å². The molecule has 1 amide bonds. The number of amides is 1. The number of aryl methyl sites for hydroxylation is 1. The fraction of sp³-hybridized carbons (Fsp3) is 0.409. The summed E-state index contributed by atoms with van der Waals surface area (Å²) < 4.78 is 6.05. The van der Waals surface area contributed by atoms with Crippen molar-refractivity contribution in [3.63, 3.8) is 0 Å². The Morgan fingerprint density at radius 3 is 2.70 bits per heavy atom. The molecule has 2 aromatic rings. The van der Waals surface area contributed by atoms with Crippen LogP contribution in [0.15, 0.2) is 54.6 Å². The van der Waals surface area contributed by atoms with Gasteiger partial charge in [0.15, 0.2) is 6.10 Å². The lowest BCUT2D eigenvalue weighted by atomic mass is 9.85. The van der Waals surface area contributed by atoms with Gasteiger partial charge in [0.2, 0.25) is 0 Å². The molecule has 0 aliphatic carbocycles. The Labute approximate surface area is 159 Å². The monoisotopic (exact) mass is 363 g/mol. The van der Waals surface area contributed by atoms with Gasteiger partial charge in [-0.3, -0.25) is 10.2 Å². The van der Waals surface area contributed by atoms with E-state index in [2.05, 4.69) is 41.2 Å². The van der Waals surface area contributed by atoms with Gasteiger partial charge in [-0.05, 0) is 36.5 Å². The first-order valence-electron chi connectivity index (χ1n) is 9.89. The van der Waals surface area contributed by atoms with Crippen molar-refractivity contribution in [2.75, 3.05) is 13.1 Å². The van der Waals surface area contributed by atoms with Crippen molar-refractivity contribution in [3.05, 3.63) is 65.7 Å². The van der Waals surface area contributed by atoms with Gasteiger partial charge in [0, 0.05) is 25.0 Å². The highest BCUT2D eigenvalue weighted by Gasteiger charge is 2.43. The van der Waals surface area contributed by atoms with E-state index in [-0.39, 0.29) is 18.1 Å². The molecule has 0 spiro atoms. The van der Waals surface area contributed by atoms with Gasteiger partial charge in [-0.2, -0.15) is 0 Å². The Hall–Kier alpha value is -2.37. The van der Waals surface area contributed by atoms with Crippen molar-refractivity contribution in [3.8, 4) is 5.75 Å². The summed E-state index contributed by atoms with van der Waals surface area (Å²) in [7, 11) is 0. The van der Waals surface area contributed by atoms with Gasteiger partial charge >= 0.3 is 0 Å². The average Bonchev–Trinajstić information content (AvgIpc) is 3.17. The number of piperidine rings is 1. The molecule has 0 aromatic heterocycles. The fourth-order valence-electron chi connectivity index (χ4n) is 4.70. The lowest BCUT2D eigenvalue weighted by Gasteiger charge is -2.38. The number of likely N-dealkylation sites (tertiary alicyclic amines) is 1. The molecule has 5 rings (SSSR count). The quantitative estimate of drug-likeness (QED) is 0.861. The maximum atomic E-state index is 13.2. The highest BCUT2D eigenvalue weighted by molar-refractivity contribution is 5.82. The summed E-state index contributed by atoms with van der Waals surface area (Å²) in [6, 6.07) is 19.2. The Bertz CT molecular complexity index is 825. The predicted octanol–water partition coefficient (Wildman–Crippen LogP) is 2.45. The second-order valence-electron chi connectivity index (χ2n) is 7.77. The minimum atomic E-state index is -0.353. The number of carbonyl (C=O) groups excluding carboxylic acids is 1. The third-order valence-electron chi connectivity index (χ3n) is 6.17. The summed E-state index contributed by atoms with van der Waals surface area (Å²) in [4.78, 5) is 15.2. The van der Waals surface area contributed by atoms with E-state index < -0.39 is 0 Å². The van der Waals surface area contributed by atoms with Crippen LogP contribution in [0, 0.1) is 5.92 Å². The number of hydrogen-bond acceptors (Lipinski definition) is 4. The van der Waals surface area contributed by atoms with Crippen LogP contribution in [-0.2, 0) is 11.2 Å². The summed E-state index contributed by atoms with van der Waals surface area (Å²) in [5, 5.41) is 0. The minimum absolute atomic E-state index is 0.140. The lowest BCUT2D eigenvalue weighted by molar-refractivity contribution is -0.141. The summed E-state index contributed by atoms with van der Waals surface area (Å²) in [5.41, 5.74) is 9.36. The zero-order valence-electron chi connectivity index (χ0n) is 15.3. The first kappa shape index (κ1) is 16.8. The Balaban J connectivity index is 1.30. The SMILES string of the molecule is O=C(C1CCc2ccccc2O1)N1CCC2NNC(c3ccccc3)C2C1. The predicted molar refractivity (Wildman–Crippen MR) is 103 cm³/mol. The zero-order chi connectivity index (χ0) is 18.2. The molecule has 3 aliphatic heterocycles. The average molecular weight is 363 g/mol. The van der Waals surface area contributed by atoms with Gasteiger partial charge in [0.05, 0.1) is 6.04 Å². The third kappa shape index (κ3) is 3.11. The normalized spacial score (nSPS) is 29.6. The number of benzene rings is 2. The van der Waals surface area contributed by atoms with Crippen LogP contribution in [0.5, 0.6) is 5.75 Å². The molecule has 3 heterocycles. The molecule has 3 aliphatic rings. The van der Waals surface area contributed by atoms with E-state index in [1.807, 2.05) is 29.2 Å². The molecule has 5 nitrogen and oxygen atoms in total. The van der Waals surface area contributed by atoms with E-state index in [1.54, 1.807) is 0 Å². The first-order chi connectivity index (χ1) is 13.3. The summed E-state index contributed by atoms with van der Waals surface area (Å²) in [6.45, 7) is 1.56. The molecule has 4 atom stereocenters. The van der Waals surface area contributed by atoms with Gasteiger partial charge < -0.3 is 9.64 Å². The van der Waals surface area contributed by atoms with Crippen molar-refractivity contribution in [1.82, 2.24) is 15.8 Å². The number of hydrogen-bond donors (Lipinski definition) is 2. The molecule has 2 saturated heterocycles. The number of ether oxygens (including phenoxy) is 1. The number of fused-ring (bicyclic) bond motifs is 2. The molecule has 2 aromatic carbocycles. The van der Waals surface area contributed by atoms with Crippen LogP contribution in [0.3, 0.4) is 0 Å². The van der Waals surface area contributed by atoms with Gasteiger partial charge in [-0.1, -0.05) is 48.5 Å². The van der Waals surface area contributed by atoms with Crippen molar-refractivity contribution in [2.24, 2.45) is 5.92 Å². The lowest BCUT2D eigenvalue weighted by Crippen LogP contribution is -2.52. The maximum Gasteiger partial charge on any atom is 0.263 e. The van der Waals surface area contributed by atoms with E-state index in [0.29, 0.717) is 12.0 Å². The Morgan fingerprint density at radius 1 is 1.00 bits per heavy atom. The molecule has 0 saturated carbocycles. The van der Waals surface area contributed by atoms with E-state index in [9.17, 15) is 4.79 Å². The first-order valence-corrected chi connectivity index (χ1v) is 9.89. The molecular weight excluding hydrogens is 338 g/mol. The summed E-state index contributed by atoms with van der Waals surface area (Å²) >= 11 is 0. The van der Waals surface area contributed by atoms with Crippen LogP contribution < -0.4 is 15.6 Å². The van der Waals surface area contributed by atoms with Crippen LogP contribution in [0.1, 0.15) is 30.0 Å². The van der Waals surface area contributed by atoms with Crippen LogP contribution in [0.4, 0.5) is 0 Å². The Kier molecular flexibility index (Phi) is 4.34. The molecular formula is C22H25N3O2. The second-order valence-corrected chi connectivity index (χ2v) is 7.77. The molecule has 4 unspecified atom stereocenters. The number of nitrogens with zero attached hydrogens (tertiary/aromatic N) is 1. The van der Waals surface area contributed by atoms with Crippen molar-refractivity contribution in [1.29, 1.82) is 0 Å². The van der Waals surface area contributed by atoms with E-state index in [4.69, 9.17) is 4.74 Å². The Morgan fingerprint density at radius 2 is 1.81 bits per heavy atom. The molecule has 0 bridgehead atoms. The van der Waals surface area contributed by atoms with Crippen LogP contribution in [0.2, 0.25) is 0 Å². The van der Waals surface area contributed by atoms with Gasteiger partial charge in [-0.15, -0.1) is 0 Å². The fourth-order valence-corrected chi connectivity index (χ4v) is 4.70. The van der Waals surface area contributed by atoms with Crippen molar-refractivity contribution >= 4 is 5.91 Å². The summed E-state index contributed by atoms with van der Waals surface area (Å²) in [6.07, 6.45) is 2.28. The molecule has 2 fully saturated rings. The molecule has 27 heavy (non-hydrogen) atoms. The number of carbonyl (C=O) groups is 1. The van der Waals surface area contributed by atoms with Crippen LogP contribution in [0.25, 0.3) is 0 Å². The zero-order valence-corrected chi connectivity index (χ0v) is 15.3. The van der Waals surface area contributed by atoms with E-state index in [0.717, 1.165) is 38.1 Å².